The molecule has 72 valence electrons. The van der Waals surface area contributed by atoms with Gasteiger partial charge >= 0.3 is 0 Å². The lowest BCUT2D eigenvalue weighted by Gasteiger charge is -2.27. The molecule has 1 aliphatic rings. The van der Waals surface area contributed by atoms with E-state index < -0.39 is 36.1 Å². The van der Waals surface area contributed by atoms with Gasteiger partial charge in [-0.25, -0.2) is 0 Å². The molecule has 0 aromatic carbocycles. The minimum absolute atomic E-state index is 0.391. The van der Waals surface area contributed by atoms with Crippen molar-refractivity contribution < 1.29 is 19.7 Å². The molecule has 0 bridgehead atoms. The molecule has 1 amide bonds. The van der Waals surface area contributed by atoms with Crippen molar-refractivity contribution in [2.24, 2.45) is 11.1 Å². The number of ether oxygens (including phenoxy) is 1. The van der Waals surface area contributed by atoms with Gasteiger partial charge in [-0.3, -0.25) is 4.79 Å². The van der Waals surface area contributed by atoms with Gasteiger partial charge in [0.2, 0.25) is 5.91 Å². The van der Waals surface area contributed by atoms with E-state index in [-0.39, 0.29) is 0 Å². The van der Waals surface area contributed by atoms with Crippen molar-refractivity contribution in [2.45, 2.75) is 25.1 Å². The highest BCUT2D eigenvalue weighted by atomic mass is 16.5. The minimum atomic E-state index is -1.33. The fourth-order valence-electron chi connectivity index (χ4n) is 1.39. The Morgan fingerprint density at radius 1 is 1.77 bits per heavy atom. The van der Waals surface area contributed by atoms with Crippen LogP contribution >= 0.6 is 0 Å². The molecule has 1 fully saturated rings. The van der Waals surface area contributed by atoms with Gasteiger partial charge in [0.1, 0.15) is 14.0 Å². The molecule has 0 aliphatic carbocycles. The van der Waals surface area contributed by atoms with E-state index >= 15 is 0 Å². The van der Waals surface area contributed by atoms with Crippen molar-refractivity contribution in [1.29, 1.82) is 0 Å². The molecule has 6 heteroatoms. The largest absolute Gasteiger partial charge is 0.394 e. The lowest BCUT2D eigenvalue weighted by atomic mass is 9.71. The van der Waals surface area contributed by atoms with Crippen LogP contribution in [0.1, 0.15) is 6.92 Å². The third-order valence-electron chi connectivity index (χ3n) is 2.59. The summed E-state index contributed by atoms with van der Waals surface area (Å²) in [5.74, 6) is -0.733. The van der Waals surface area contributed by atoms with E-state index in [4.69, 9.17) is 23.4 Å². The molecule has 0 saturated carbocycles. The molecule has 13 heavy (non-hydrogen) atoms. The van der Waals surface area contributed by atoms with Crippen molar-refractivity contribution >= 4 is 13.8 Å². The molecular formula is C7H12BNO4. The van der Waals surface area contributed by atoms with Gasteiger partial charge in [0.15, 0.2) is 0 Å². The summed E-state index contributed by atoms with van der Waals surface area (Å²) < 4.78 is 4.98. The first-order valence-corrected chi connectivity index (χ1v) is 3.94. The zero-order valence-electron chi connectivity index (χ0n) is 7.30. The van der Waals surface area contributed by atoms with E-state index in [1.54, 1.807) is 0 Å². The molecule has 1 aliphatic heterocycles. The van der Waals surface area contributed by atoms with Gasteiger partial charge in [0.05, 0.1) is 18.1 Å². The molecule has 0 aromatic heterocycles. The minimum Gasteiger partial charge on any atom is -0.394 e. The van der Waals surface area contributed by atoms with Gasteiger partial charge < -0.3 is 20.7 Å². The molecule has 2 radical (unpaired) electrons. The van der Waals surface area contributed by atoms with Crippen LogP contribution in [-0.4, -0.2) is 48.8 Å². The molecule has 1 saturated heterocycles. The fourth-order valence-corrected chi connectivity index (χ4v) is 1.39. The smallest absolute Gasteiger partial charge is 0.227 e. The average Bonchev–Trinajstić information content (AvgIpc) is 2.30. The summed E-state index contributed by atoms with van der Waals surface area (Å²) in [6, 6.07) is -0.975. The average molecular weight is 185 g/mol. The quantitative estimate of drug-likeness (QED) is 0.422. The Balaban J connectivity index is 2.92. The van der Waals surface area contributed by atoms with Gasteiger partial charge in [-0.2, -0.15) is 0 Å². The molecule has 1 rings (SSSR count). The Hall–Kier alpha value is -0.585. The van der Waals surface area contributed by atoms with Gasteiger partial charge in [-0.1, -0.05) is 0 Å². The van der Waals surface area contributed by atoms with Crippen molar-refractivity contribution in [3.05, 3.63) is 0 Å². The highest BCUT2D eigenvalue weighted by Gasteiger charge is 2.54. The lowest BCUT2D eigenvalue weighted by Crippen LogP contribution is -2.49. The Labute approximate surface area is 77.3 Å². The first kappa shape index (κ1) is 10.5. The maximum absolute atomic E-state index is 11.0. The first-order chi connectivity index (χ1) is 5.94. The van der Waals surface area contributed by atoms with Crippen molar-refractivity contribution in [3.8, 4) is 0 Å². The molecular weight excluding hydrogens is 173 g/mol. The van der Waals surface area contributed by atoms with Crippen molar-refractivity contribution in [3.63, 3.8) is 0 Å². The van der Waals surface area contributed by atoms with Crippen LogP contribution in [0, 0.1) is 5.41 Å². The lowest BCUT2D eigenvalue weighted by molar-refractivity contribution is -0.131. The number of nitrogens with two attached hydrogens (primary N) is 1. The number of amides is 1. The summed E-state index contributed by atoms with van der Waals surface area (Å²) in [5, 5.41) is 18.4. The van der Waals surface area contributed by atoms with E-state index in [9.17, 15) is 9.90 Å². The van der Waals surface area contributed by atoms with E-state index in [2.05, 4.69) is 0 Å². The SMILES string of the molecule is [B][C@@H]1O[C@H](CO)[C@@H](O)[C@@]1(C)C(N)=O. The number of primary amides is 1. The van der Waals surface area contributed by atoms with Crippen LogP contribution in [-0.2, 0) is 9.53 Å². The second kappa shape index (κ2) is 3.28. The topological polar surface area (TPSA) is 92.8 Å². The Kier molecular flexibility index (Phi) is 2.65. The predicted octanol–water partition coefficient (Wildman–Crippen LogP) is -2.28. The normalized spacial score (nSPS) is 45.0. The first-order valence-electron chi connectivity index (χ1n) is 3.94. The van der Waals surface area contributed by atoms with Crippen LogP contribution in [0.5, 0.6) is 0 Å². The number of carbonyl (C=O) groups excluding carboxylic acids is 1. The van der Waals surface area contributed by atoms with Gasteiger partial charge in [0.25, 0.3) is 0 Å². The van der Waals surface area contributed by atoms with Crippen LogP contribution in [0.3, 0.4) is 0 Å². The van der Waals surface area contributed by atoms with Gasteiger partial charge in [0, 0.05) is 6.00 Å². The maximum atomic E-state index is 11.0. The Morgan fingerprint density at radius 3 is 2.54 bits per heavy atom. The fraction of sp³-hybridized carbons (Fsp3) is 0.857. The zero-order valence-corrected chi connectivity index (χ0v) is 7.30. The van der Waals surface area contributed by atoms with Crippen LogP contribution in [0.2, 0.25) is 0 Å². The second-order valence-corrected chi connectivity index (χ2v) is 3.37. The van der Waals surface area contributed by atoms with Crippen LogP contribution in [0.4, 0.5) is 0 Å². The van der Waals surface area contributed by atoms with Crippen LogP contribution < -0.4 is 5.73 Å². The van der Waals surface area contributed by atoms with Crippen molar-refractivity contribution in [1.82, 2.24) is 0 Å². The molecule has 1 heterocycles. The summed E-state index contributed by atoms with van der Waals surface area (Å²) in [5.41, 5.74) is 3.76. The molecule has 5 nitrogen and oxygen atoms in total. The Morgan fingerprint density at radius 2 is 2.31 bits per heavy atom. The number of hydrogen-bond acceptors (Lipinski definition) is 4. The standard InChI is InChI=1S/C7H12BNO4/c1-7(6(9)12)4(11)3(2-10)13-5(7)8/h3-5,10-11H,2H2,1H3,(H2,9,12)/t3-,4-,5-,7-/m1/s1. The summed E-state index contributed by atoms with van der Waals surface area (Å²) in [6.07, 6.45) is -2.00. The molecule has 4 atom stereocenters. The zero-order chi connectivity index (χ0) is 10.2. The van der Waals surface area contributed by atoms with E-state index in [1.165, 1.54) is 6.92 Å². The molecule has 0 spiro atoms. The molecule has 0 unspecified atom stereocenters. The monoisotopic (exact) mass is 185 g/mol. The second-order valence-electron chi connectivity index (χ2n) is 3.37. The van der Waals surface area contributed by atoms with Gasteiger partial charge in [-0.05, 0) is 6.92 Å². The summed E-state index contributed by atoms with van der Waals surface area (Å²) in [7, 11) is 5.48. The highest BCUT2D eigenvalue weighted by molar-refractivity contribution is 6.14. The van der Waals surface area contributed by atoms with Gasteiger partial charge in [-0.15, -0.1) is 0 Å². The number of carbonyl (C=O) groups is 1. The number of hydrogen-bond donors (Lipinski definition) is 3. The molecule has 4 N–H and O–H groups in total. The molecule has 0 aromatic rings. The predicted molar refractivity (Wildman–Crippen MR) is 44.8 cm³/mol. The number of aliphatic hydroxyl groups excluding tert-OH is 2. The van der Waals surface area contributed by atoms with Crippen molar-refractivity contribution in [2.75, 3.05) is 6.61 Å². The van der Waals surface area contributed by atoms with Crippen LogP contribution in [0.15, 0.2) is 0 Å². The van der Waals surface area contributed by atoms with E-state index in [0.717, 1.165) is 0 Å². The Bertz CT molecular complexity index is 225. The summed E-state index contributed by atoms with van der Waals surface area (Å²) in [6.45, 7) is 1.03. The third kappa shape index (κ3) is 1.35. The summed E-state index contributed by atoms with van der Waals surface area (Å²) in [4.78, 5) is 11.0. The van der Waals surface area contributed by atoms with Crippen LogP contribution in [0.25, 0.3) is 0 Å². The van der Waals surface area contributed by atoms with E-state index in [1.807, 2.05) is 0 Å². The summed E-state index contributed by atoms with van der Waals surface area (Å²) >= 11 is 0. The maximum Gasteiger partial charge on any atom is 0.227 e. The third-order valence-corrected chi connectivity index (χ3v) is 2.59. The number of aliphatic hydroxyl groups is 2. The van der Waals surface area contributed by atoms with E-state index in [0.29, 0.717) is 0 Å². The number of rotatable bonds is 2. The highest BCUT2D eigenvalue weighted by Crippen LogP contribution is 2.36.